The van der Waals surface area contributed by atoms with Crippen molar-refractivity contribution in [3.8, 4) is 0 Å². The van der Waals surface area contributed by atoms with E-state index in [4.69, 9.17) is 0 Å². The van der Waals surface area contributed by atoms with Gasteiger partial charge >= 0.3 is 18.1 Å². The first-order chi connectivity index (χ1) is 8.03. The summed E-state index contributed by atoms with van der Waals surface area (Å²) in [5, 5.41) is 0. The zero-order valence-electron chi connectivity index (χ0n) is 11.9. The monoisotopic (exact) mass is 300 g/mol. The van der Waals surface area contributed by atoms with Gasteiger partial charge in [-0.3, -0.25) is 0 Å². The van der Waals surface area contributed by atoms with Gasteiger partial charge in [0.1, 0.15) is 0 Å². The molecule has 8 heteroatoms. The van der Waals surface area contributed by atoms with Crippen LogP contribution in [-0.2, 0) is 18.1 Å². The van der Waals surface area contributed by atoms with Gasteiger partial charge in [0.05, 0.1) is 0 Å². The van der Waals surface area contributed by atoms with Crippen LogP contribution < -0.4 is 0 Å². The standard InChI is InChI=1S/C10H24N2O4S2/c1-7-11(8-2)17(13,14)18(15,16)12(9(3)4)10(5)6/h9-10H,7-8H2,1-6H3. The molecule has 0 heterocycles. The molecule has 0 rings (SSSR count). The van der Waals surface area contributed by atoms with Gasteiger partial charge in [-0.1, -0.05) is 13.8 Å². The first kappa shape index (κ1) is 17.8. The van der Waals surface area contributed by atoms with Gasteiger partial charge in [0.15, 0.2) is 0 Å². The van der Waals surface area contributed by atoms with Gasteiger partial charge in [-0.2, -0.15) is 25.4 Å². The third kappa shape index (κ3) is 3.23. The van der Waals surface area contributed by atoms with E-state index in [0.717, 1.165) is 8.61 Å². The molecule has 6 nitrogen and oxygen atoms in total. The molecule has 0 unspecified atom stereocenters. The van der Waals surface area contributed by atoms with E-state index in [0.29, 0.717) is 0 Å². The molecular formula is C10H24N2O4S2. The summed E-state index contributed by atoms with van der Waals surface area (Å²) in [5.74, 6) is 0. The maximum Gasteiger partial charge on any atom is 0.334 e. The highest BCUT2D eigenvalue weighted by Gasteiger charge is 2.42. The van der Waals surface area contributed by atoms with Crippen LogP contribution in [0.1, 0.15) is 41.5 Å². The van der Waals surface area contributed by atoms with Crippen LogP contribution in [0, 0.1) is 0 Å². The molecule has 0 saturated heterocycles. The number of hydrogen-bond donors (Lipinski definition) is 0. The minimum atomic E-state index is -4.39. The average molecular weight is 300 g/mol. The van der Waals surface area contributed by atoms with Crippen molar-refractivity contribution in [2.45, 2.75) is 53.6 Å². The van der Waals surface area contributed by atoms with E-state index in [-0.39, 0.29) is 13.1 Å². The predicted octanol–water partition coefficient (Wildman–Crippen LogP) is 1.02. The van der Waals surface area contributed by atoms with Crippen LogP contribution in [0.25, 0.3) is 0 Å². The summed E-state index contributed by atoms with van der Waals surface area (Å²) in [6, 6.07) is -0.805. The molecular weight excluding hydrogens is 276 g/mol. The summed E-state index contributed by atoms with van der Waals surface area (Å²) in [6.45, 7) is 10.2. The van der Waals surface area contributed by atoms with Crippen LogP contribution in [0.3, 0.4) is 0 Å². The summed E-state index contributed by atoms with van der Waals surface area (Å²) < 4.78 is 50.9. The highest BCUT2D eigenvalue weighted by Crippen LogP contribution is 2.20. The number of hydrogen-bond acceptors (Lipinski definition) is 4. The highest BCUT2D eigenvalue weighted by molar-refractivity contribution is 8.65. The fraction of sp³-hybridized carbons (Fsp3) is 1.00. The van der Waals surface area contributed by atoms with Gasteiger partial charge in [0.25, 0.3) is 0 Å². The molecule has 0 fully saturated rings. The lowest BCUT2D eigenvalue weighted by molar-refractivity contribution is 0.306. The van der Waals surface area contributed by atoms with Gasteiger partial charge in [0, 0.05) is 25.2 Å². The van der Waals surface area contributed by atoms with Gasteiger partial charge < -0.3 is 0 Å². The zero-order chi connectivity index (χ0) is 14.7. The van der Waals surface area contributed by atoms with Gasteiger partial charge in [0.2, 0.25) is 0 Å². The largest absolute Gasteiger partial charge is 0.334 e. The molecule has 0 N–H and O–H groups in total. The van der Waals surface area contributed by atoms with E-state index >= 15 is 0 Å². The molecule has 0 amide bonds. The van der Waals surface area contributed by atoms with E-state index in [1.54, 1.807) is 41.5 Å². The molecule has 0 aromatic carbocycles. The Morgan fingerprint density at radius 3 is 1.33 bits per heavy atom. The summed E-state index contributed by atoms with van der Waals surface area (Å²) in [5.41, 5.74) is 0. The SMILES string of the molecule is CCN(CC)S(=O)(=O)S(=O)(=O)N(C(C)C)C(C)C. The summed E-state index contributed by atoms with van der Waals surface area (Å²) in [4.78, 5) is 0. The van der Waals surface area contributed by atoms with E-state index in [1.165, 1.54) is 0 Å². The zero-order valence-corrected chi connectivity index (χ0v) is 13.5. The van der Waals surface area contributed by atoms with E-state index < -0.39 is 30.2 Å². The molecule has 0 aliphatic heterocycles. The Balaban J connectivity index is 5.77. The second-order valence-electron chi connectivity index (χ2n) is 4.52. The smallest absolute Gasteiger partial charge is 0.194 e. The van der Waals surface area contributed by atoms with E-state index in [1.807, 2.05) is 0 Å². The van der Waals surface area contributed by atoms with E-state index in [2.05, 4.69) is 0 Å². The molecule has 0 radical (unpaired) electrons. The number of rotatable bonds is 7. The van der Waals surface area contributed by atoms with E-state index in [9.17, 15) is 16.8 Å². The van der Waals surface area contributed by atoms with Crippen molar-refractivity contribution in [3.05, 3.63) is 0 Å². The van der Waals surface area contributed by atoms with Crippen LogP contribution in [0.2, 0.25) is 0 Å². The first-order valence-electron chi connectivity index (χ1n) is 6.07. The second-order valence-corrected chi connectivity index (χ2v) is 9.69. The van der Waals surface area contributed by atoms with Crippen molar-refractivity contribution in [2.24, 2.45) is 0 Å². The lowest BCUT2D eigenvalue weighted by Gasteiger charge is -2.31. The minimum Gasteiger partial charge on any atom is -0.194 e. The first-order valence-corrected chi connectivity index (χ1v) is 9.47. The van der Waals surface area contributed by atoms with Crippen LogP contribution >= 0.6 is 0 Å². The Morgan fingerprint density at radius 1 is 0.778 bits per heavy atom. The lowest BCUT2D eigenvalue weighted by Crippen LogP contribution is -2.49. The second kappa shape index (κ2) is 6.31. The Bertz CT molecular complexity index is 442. The van der Waals surface area contributed by atoms with Crippen molar-refractivity contribution in [1.29, 1.82) is 0 Å². The quantitative estimate of drug-likeness (QED) is 0.658. The average Bonchev–Trinajstić information content (AvgIpc) is 2.16. The molecule has 0 atom stereocenters. The molecule has 18 heavy (non-hydrogen) atoms. The molecule has 0 spiro atoms. The van der Waals surface area contributed by atoms with Crippen molar-refractivity contribution >= 4 is 18.1 Å². The summed E-state index contributed by atoms with van der Waals surface area (Å²) in [6.07, 6.45) is 0. The van der Waals surface area contributed by atoms with Crippen LogP contribution in [-0.4, -0.2) is 50.6 Å². The molecule has 0 aromatic heterocycles. The Labute approximate surface area is 110 Å². The van der Waals surface area contributed by atoms with Crippen LogP contribution in [0.5, 0.6) is 0 Å². The Hall–Kier alpha value is -0.180. The summed E-state index contributed by atoms with van der Waals surface area (Å²) >= 11 is 0. The van der Waals surface area contributed by atoms with Gasteiger partial charge in [-0.25, -0.2) is 0 Å². The molecule has 0 aliphatic rings. The van der Waals surface area contributed by atoms with Crippen molar-refractivity contribution in [2.75, 3.05) is 13.1 Å². The maximum absolute atomic E-state index is 12.3. The molecule has 0 aromatic rings. The molecule has 0 bridgehead atoms. The third-order valence-corrected chi connectivity index (χ3v) is 8.35. The fourth-order valence-corrected chi connectivity index (χ4v) is 7.16. The van der Waals surface area contributed by atoms with Crippen molar-refractivity contribution in [1.82, 2.24) is 8.61 Å². The summed E-state index contributed by atoms with van der Waals surface area (Å²) in [7, 11) is -8.75. The Morgan fingerprint density at radius 2 is 1.11 bits per heavy atom. The van der Waals surface area contributed by atoms with Crippen LogP contribution in [0.4, 0.5) is 0 Å². The minimum absolute atomic E-state index is 0.141. The molecule has 0 aliphatic carbocycles. The third-order valence-electron chi connectivity index (χ3n) is 2.56. The normalized spacial score (nSPS) is 14.1. The molecule has 110 valence electrons. The van der Waals surface area contributed by atoms with Crippen LogP contribution in [0.15, 0.2) is 0 Å². The highest BCUT2D eigenvalue weighted by atomic mass is 33.2. The molecule has 0 saturated carbocycles. The Kier molecular flexibility index (Phi) is 6.25. The fourth-order valence-electron chi connectivity index (χ4n) is 1.89. The topological polar surface area (TPSA) is 74.8 Å². The number of nitrogens with zero attached hydrogens (tertiary/aromatic N) is 2. The lowest BCUT2D eigenvalue weighted by atomic mass is 10.3. The van der Waals surface area contributed by atoms with Crippen molar-refractivity contribution in [3.63, 3.8) is 0 Å². The van der Waals surface area contributed by atoms with Crippen molar-refractivity contribution < 1.29 is 16.8 Å². The van der Waals surface area contributed by atoms with Gasteiger partial charge in [-0.15, -0.1) is 0 Å². The maximum atomic E-state index is 12.3. The predicted molar refractivity (Wildman–Crippen MR) is 72.9 cm³/mol. The van der Waals surface area contributed by atoms with Gasteiger partial charge in [-0.05, 0) is 27.7 Å².